The van der Waals surface area contributed by atoms with Crippen LogP contribution in [0.5, 0.6) is 0 Å². The Morgan fingerprint density at radius 1 is 1.36 bits per heavy atom. The van der Waals surface area contributed by atoms with Crippen molar-refractivity contribution >= 4 is 0 Å². The van der Waals surface area contributed by atoms with Crippen molar-refractivity contribution in [2.75, 3.05) is 13.6 Å². The van der Waals surface area contributed by atoms with Gasteiger partial charge in [0.25, 0.3) is 0 Å². The zero-order valence-electron chi connectivity index (χ0n) is 8.30. The molecule has 1 aliphatic rings. The summed E-state index contributed by atoms with van der Waals surface area (Å²) in [6.07, 6.45) is 2.83. The molecule has 0 saturated carbocycles. The summed E-state index contributed by atoms with van der Waals surface area (Å²) in [6.45, 7) is 8.36. The third kappa shape index (κ3) is 1.96. The molecule has 1 heteroatoms. The Hall–Kier alpha value is -0.0400. The first-order chi connectivity index (χ1) is 5.13. The topological polar surface area (TPSA) is 3.24 Å². The van der Waals surface area contributed by atoms with Gasteiger partial charge in [-0.1, -0.05) is 13.8 Å². The van der Waals surface area contributed by atoms with Crippen LogP contribution in [0, 0.1) is 11.8 Å². The Bertz CT molecular complexity index is 120. The van der Waals surface area contributed by atoms with E-state index in [2.05, 4.69) is 32.7 Å². The number of hydrogen-bond acceptors (Lipinski definition) is 1. The lowest BCUT2D eigenvalue weighted by molar-refractivity contribution is 0.104. The fourth-order valence-corrected chi connectivity index (χ4v) is 2.24. The smallest absolute Gasteiger partial charge is 0.00945 e. The second-order valence-corrected chi connectivity index (χ2v) is 4.27. The predicted molar refractivity (Wildman–Crippen MR) is 49.7 cm³/mol. The SMILES string of the molecule is CC(C)[C@@H]1CCCN(C)[C@H]1C. The lowest BCUT2D eigenvalue weighted by Crippen LogP contribution is -2.42. The molecule has 1 fully saturated rings. The van der Waals surface area contributed by atoms with Crippen LogP contribution in [0.1, 0.15) is 33.6 Å². The van der Waals surface area contributed by atoms with Crippen molar-refractivity contribution in [3.05, 3.63) is 0 Å². The quantitative estimate of drug-likeness (QED) is 0.562. The summed E-state index contributed by atoms with van der Waals surface area (Å²) in [7, 11) is 2.25. The van der Waals surface area contributed by atoms with Gasteiger partial charge in [-0.3, -0.25) is 0 Å². The molecule has 0 bridgehead atoms. The highest BCUT2D eigenvalue weighted by atomic mass is 15.1. The van der Waals surface area contributed by atoms with Gasteiger partial charge in [0.15, 0.2) is 0 Å². The molecular weight excluding hydrogens is 134 g/mol. The van der Waals surface area contributed by atoms with Crippen molar-refractivity contribution in [2.24, 2.45) is 11.8 Å². The van der Waals surface area contributed by atoms with E-state index in [1.807, 2.05) is 0 Å². The molecule has 1 rings (SSSR count). The number of rotatable bonds is 1. The minimum Gasteiger partial charge on any atom is -0.303 e. The highest BCUT2D eigenvalue weighted by Crippen LogP contribution is 2.28. The van der Waals surface area contributed by atoms with Crippen LogP contribution in [-0.4, -0.2) is 24.5 Å². The molecule has 11 heavy (non-hydrogen) atoms. The van der Waals surface area contributed by atoms with E-state index in [1.165, 1.54) is 19.4 Å². The predicted octanol–water partition coefficient (Wildman–Crippen LogP) is 2.37. The number of likely N-dealkylation sites (tertiary alicyclic amines) is 1. The van der Waals surface area contributed by atoms with Gasteiger partial charge in [0, 0.05) is 6.04 Å². The minimum atomic E-state index is 0.795. The van der Waals surface area contributed by atoms with Gasteiger partial charge in [-0.2, -0.15) is 0 Å². The number of hydrogen-bond donors (Lipinski definition) is 0. The van der Waals surface area contributed by atoms with Gasteiger partial charge < -0.3 is 4.90 Å². The molecule has 0 aromatic heterocycles. The maximum absolute atomic E-state index is 2.49. The molecule has 2 atom stereocenters. The van der Waals surface area contributed by atoms with Crippen LogP contribution >= 0.6 is 0 Å². The third-order valence-corrected chi connectivity index (χ3v) is 3.22. The molecule has 1 saturated heterocycles. The Kier molecular flexibility index (Phi) is 2.94. The van der Waals surface area contributed by atoms with E-state index < -0.39 is 0 Å². The van der Waals surface area contributed by atoms with Gasteiger partial charge in [-0.05, 0) is 45.2 Å². The first-order valence-electron chi connectivity index (χ1n) is 4.83. The van der Waals surface area contributed by atoms with Crippen LogP contribution in [0.15, 0.2) is 0 Å². The normalized spacial score (nSPS) is 34.6. The van der Waals surface area contributed by atoms with Gasteiger partial charge in [0.1, 0.15) is 0 Å². The van der Waals surface area contributed by atoms with Crippen molar-refractivity contribution < 1.29 is 0 Å². The third-order valence-electron chi connectivity index (χ3n) is 3.22. The average molecular weight is 155 g/mol. The summed E-state index contributed by atoms with van der Waals surface area (Å²) in [5.41, 5.74) is 0. The van der Waals surface area contributed by atoms with E-state index in [-0.39, 0.29) is 0 Å². The largest absolute Gasteiger partial charge is 0.303 e. The van der Waals surface area contributed by atoms with Crippen molar-refractivity contribution in [3.8, 4) is 0 Å². The summed E-state index contributed by atoms with van der Waals surface area (Å²) >= 11 is 0. The first-order valence-corrected chi connectivity index (χ1v) is 4.83. The van der Waals surface area contributed by atoms with Crippen molar-refractivity contribution in [1.29, 1.82) is 0 Å². The molecule has 0 N–H and O–H groups in total. The molecule has 0 unspecified atom stereocenters. The van der Waals surface area contributed by atoms with Crippen LogP contribution in [0.2, 0.25) is 0 Å². The molecule has 0 aromatic rings. The van der Waals surface area contributed by atoms with Crippen LogP contribution in [0.25, 0.3) is 0 Å². The number of nitrogens with zero attached hydrogens (tertiary/aromatic N) is 1. The molecule has 0 radical (unpaired) electrons. The van der Waals surface area contributed by atoms with Crippen molar-refractivity contribution in [1.82, 2.24) is 4.90 Å². The molecule has 0 spiro atoms. The lowest BCUT2D eigenvalue weighted by Gasteiger charge is -2.39. The number of piperidine rings is 1. The van der Waals surface area contributed by atoms with Crippen molar-refractivity contribution in [2.45, 2.75) is 39.7 Å². The first kappa shape index (κ1) is 9.05. The standard InChI is InChI=1S/C10H21N/c1-8(2)10-6-5-7-11(4)9(10)3/h8-10H,5-7H2,1-4H3/t9-,10-/m0/s1. The zero-order valence-corrected chi connectivity index (χ0v) is 8.30. The minimum absolute atomic E-state index is 0.795. The highest BCUT2D eigenvalue weighted by Gasteiger charge is 2.27. The van der Waals surface area contributed by atoms with Gasteiger partial charge in [-0.25, -0.2) is 0 Å². The van der Waals surface area contributed by atoms with Gasteiger partial charge >= 0.3 is 0 Å². The Labute approximate surface area is 70.8 Å². The van der Waals surface area contributed by atoms with Crippen LogP contribution < -0.4 is 0 Å². The monoisotopic (exact) mass is 155 g/mol. The fourth-order valence-electron chi connectivity index (χ4n) is 2.24. The van der Waals surface area contributed by atoms with E-state index in [0.717, 1.165) is 17.9 Å². The summed E-state index contributed by atoms with van der Waals surface area (Å²) in [4.78, 5) is 2.49. The molecule has 0 aromatic carbocycles. The van der Waals surface area contributed by atoms with Crippen LogP contribution in [0.4, 0.5) is 0 Å². The van der Waals surface area contributed by atoms with E-state index in [4.69, 9.17) is 0 Å². The Balaban J connectivity index is 2.51. The Morgan fingerprint density at radius 3 is 2.45 bits per heavy atom. The van der Waals surface area contributed by atoms with Crippen molar-refractivity contribution in [3.63, 3.8) is 0 Å². The molecule has 1 heterocycles. The highest BCUT2D eigenvalue weighted by molar-refractivity contribution is 4.80. The van der Waals surface area contributed by atoms with Gasteiger partial charge in [-0.15, -0.1) is 0 Å². The second kappa shape index (κ2) is 3.57. The molecule has 1 nitrogen and oxygen atoms in total. The summed E-state index contributed by atoms with van der Waals surface area (Å²) < 4.78 is 0. The summed E-state index contributed by atoms with van der Waals surface area (Å²) in [6, 6.07) is 0.795. The van der Waals surface area contributed by atoms with E-state index in [9.17, 15) is 0 Å². The van der Waals surface area contributed by atoms with E-state index >= 15 is 0 Å². The molecule has 1 aliphatic heterocycles. The summed E-state index contributed by atoms with van der Waals surface area (Å²) in [5.74, 6) is 1.78. The lowest BCUT2D eigenvalue weighted by atomic mass is 9.82. The molecular formula is C10H21N. The maximum atomic E-state index is 2.49. The van der Waals surface area contributed by atoms with E-state index in [1.54, 1.807) is 0 Å². The maximum Gasteiger partial charge on any atom is 0.00945 e. The van der Waals surface area contributed by atoms with Gasteiger partial charge in [0.05, 0.1) is 0 Å². The fraction of sp³-hybridized carbons (Fsp3) is 1.00. The van der Waals surface area contributed by atoms with Gasteiger partial charge in [0.2, 0.25) is 0 Å². The second-order valence-electron chi connectivity index (χ2n) is 4.27. The molecule has 0 aliphatic carbocycles. The van der Waals surface area contributed by atoms with Crippen LogP contribution in [-0.2, 0) is 0 Å². The summed E-state index contributed by atoms with van der Waals surface area (Å²) in [5, 5.41) is 0. The molecule has 66 valence electrons. The van der Waals surface area contributed by atoms with E-state index in [0.29, 0.717) is 0 Å². The Morgan fingerprint density at radius 2 is 2.00 bits per heavy atom. The zero-order chi connectivity index (χ0) is 8.43. The van der Waals surface area contributed by atoms with Crippen LogP contribution in [0.3, 0.4) is 0 Å². The molecule has 0 amide bonds. The average Bonchev–Trinajstić information content (AvgIpc) is 1.94.